The quantitative estimate of drug-likeness (QED) is 0.750. The zero-order valence-electron chi connectivity index (χ0n) is 9.46. The first-order chi connectivity index (χ1) is 8.13. The summed E-state index contributed by atoms with van der Waals surface area (Å²) in [5, 5.41) is 6.37. The van der Waals surface area contributed by atoms with Crippen LogP contribution in [-0.4, -0.2) is 21.9 Å². The van der Waals surface area contributed by atoms with Crippen molar-refractivity contribution in [2.75, 3.05) is 10.6 Å². The Labute approximate surface area is 104 Å². The molecular weight excluding hydrogens is 240 g/mol. The van der Waals surface area contributed by atoms with E-state index in [4.69, 9.17) is 11.6 Å². The highest BCUT2D eigenvalue weighted by Gasteiger charge is 2.35. The number of carbonyl (C=O) groups excluding carboxylic acids is 1. The minimum atomic E-state index is 0.0159. The van der Waals surface area contributed by atoms with E-state index >= 15 is 0 Å². The molecular formula is C11H13ClN4O. The van der Waals surface area contributed by atoms with E-state index in [0.717, 1.165) is 0 Å². The summed E-state index contributed by atoms with van der Waals surface area (Å²) in [6.45, 7) is 1.81. The SMILES string of the molecule is Cc1nc(Cl)nc2c1NC(=O)CC(C1CC1)N2. The summed E-state index contributed by atoms with van der Waals surface area (Å²) >= 11 is 5.84. The summed E-state index contributed by atoms with van der Waals surface area (Å²) in [6.07, 6.45) is 2.84. The zero-order chi connectivity index (χ0) is 12.0. The van der Waals surface area contributed by atoms with Crippen LogP contribution in [0.2, 0.25) is 5.28 Å². The molecule has 1 aromatic heterocycles. The molecule has 0 saturated heterocycles. The molecule has 3 rings (SSSR count). The number of halogens is 1. The van der Waals surface area contributed by atoms with Crippen molar-refractivity contribution in [1.29, 1.82) is 0 Å². The highest BCUT2D eigenvalue weighted by Crippen LogP contribution is 2.38. The van der Waals surface area contributed by atoms with Gasteiger partial charge in [0, 0.05) is 12.5 Å². The lowest BCUT2D eigenvalue weighted by Gasteiger charge is -2.15. The van der Waals surface area contributed by atoms with Crippen LogP contribution < -0.4 is 10.6 Å². The van der Waals surface area contributed by atoms with Crippen LogP contribution in [0.4, 0.5) is 11.5 Å². The number of carbonyl (C=O) groups is 1. The molecule has 2 aliphatic rings. The fraction of sp³-hybridized carbons (Fsp3) is 0.545. The van der Waals surface area contributed by atoms with Gasteiger partial charge in [-0.25, -0.2) is 4.98 Å². The topological polar surface area (TPSA) is 66.9 Å². The molecule has 1 saturated carbocycles. The molecule has 1 aromatic rings. The van der Waals surface area contributed by atoms with Crippen molar-refractivity contribution in [2.45, 2.75) is 32.2 Å². The van der Waals surface area contributed by atoms with E-state index in [-0.39, 0.29) is 17.2 Å². The second-order valence-corrected chi connectivity index (χ2v) is 4.98. The van der Waals surface area contributed by atoms with Gasteiger partial charge in [-0.1, -0.05) is 0 Å². The number of amides is 1. The van der Waals surface area contributed by atoms with Crippen molar-refractivity contribution in [3.63, 3.8) is 0 Å². The van der Waals surface area contributed by atoms with E-state index in [1.165, 1.54) is 12.8 Å². The van der Waals surface area contributed by atoms with E-state index in [0.29, 0.717) is 29.5 Å². The number of rotatable bonds is 1. The first-order valence-electron chi connectivity index (χ1n) is 5.74. The van der Waals surface area contributed by atoms with E-state index in [2.05, 4.69) is 20.6 Å². The summed E-state index contributed by atoms with van der Waals surface area (Å²) in [6, 6.07) is 0.168. The van der Waals surface area contributed by atoms with Gasteiger partial charge in [0.05, 0.1) is 5.69 Å². The van der Waals surface area contributed by atoms with Gasteiger partial charge < -0.3 is 10.6 Å². The molecule has 1 unspecified atom stereocenters. The Bertz CT molecular complexity index is 487. The molecule has 2 heterocycles. The first kappa shape index (κ1) is 10.8. The van der Waals surface area contributed by atoms with Crippen LogP contribution in [0.1, 0.15) is 25.0 Å². The molecule has 0 spiro atoms. The van der Waals surface area contributed by atoms with E-state index < -0.39 is 0 Å². The van der Waals surface area contributed by atoms with Gasteiger partial charge in [0.2, 0.25) is 11.2 Å². The predicted octanol–water partition coefficient (Wildman–Crippen LogP) is 1.97. The number of nitrogens with one attached hydrogen (secondary N) is 2. The third kappa shape index (κ3) is 2.07. The Balaban J connectivity index is 2.01. The lowest BCUT2D eigenvalue weighted by Crippen LogP contribution is -2.24. The standard InChI is InChI=1S/C11H13ClN4O/c1-5-9-10(16-11(12)13-5)14-7(6-2-3-6)4-8(17)15-9/h6-7H,2-4H2,1H3,(H,15,17)(H,13,14,16). The predicted molar refractivity (Wildman–Crippen MR) is 65.2 cm³/mol. The van der Waals surface area contributed by atoms with E-state index in [1.54, 1.807) is 0 Å². The van der Waals surface area contributed by atoms with Crippen LogP contribution in [-0.2, 0) is 4.79 Å². The molecule has 5 nitrogen and oxygen atoms in total. The molecule has 90 valence electrons. The van der Waals surface area contributed by atoms with Crippen molar-refractivity contribution < 1.29 is 4.79 Å². The highest BCUT2D eigenvalue weighted by atomic mass is 35.5. The highest BCUT2D eigenvalue weighted by molar-refractivity contribution is 6.28. The van der Waals surface area contributed by atoms with Gasteiger partial charge in [-0.15, -0.1) is 0 Å². The fourth-order valence-electron chi connectivity index (χ4n) is 2.19. The molecule has 6 heteroatoms. The minimum Gasteiger partial charge on any atom is -0.365 e. The number of aryl methyl sites for hydroxylation is 1. The second kappa shape index (κ2) is 3.84. The van der Waals surface area contributed by atoms with Gasteiger partial charge in [-0.05, 0) is 37.3 Å². The van der Waals surface area contributed by atoms with Crippen LogP contribution in [0.25, 0.3) is 0 Å². The number of hydrogen-bond donors (Lipinski definition) is 2. The number of fused-ring (bicyclic) bond motifs is 1. The Morgan fingerprint density at radius 1 is 1.35 bits per heavy atom. The van der Waals surface area contributed by atoms with Gasteiger partial charge in [0.1, 0.15) is 5.69 Å². The Morgan fingerprint density at radius 3 is 2.82 bits per heavy atom. The van der Waals surface area contributed by atoms with Crippen molar-refractivity contribution in [2.24, 2.45) is 5.92 Å². The number of nitrogens with zero attached hydrogens (tertiary/aromatic N) is 2. The molecule has 1 fully saturated rings. The molecule has 1 amide bonds. The maximum Gasteiger partial charge on any atom is 0.226 e. The van der Waals surface area contributed by atoms with Gasteiger partial charge >= 0.3 is 0 Å². The number of hydrogen-bond acceptors (Lipinski definition) is 4. The molecule has 0 bridgehead atoms. The van der Waals surface area contributed by atoms with Crippen molar-refractivity contribution in [3.8, 4) is 0 Å². The molecule has 0 aromatic carbocycles. The van der Waals surface area contributed by atoms with Crippen LogP contribution in [0.5, 0.6) is 0 Å². The van der Waals surface area contributed by atoms with Crippen molar-refractivity contribution in [3.05, 3.63) is 11.0 Å². The molecule has 1 atom stereocenters. The first-order valence-corrected chi connectivity index (χ1v) is 6.12. The van der Waals surface area contributed by atoms with Gasteiger partial charge in [-0.3, -0.25) is 4.79 Å². The maximum absolute atomic E-state index is 11.8. The maximum atomic E-state index is 11.8. The smallest absolute Gasteiger partial charge is 0.226 e. The Morgan fingerprint density at radius 2 is 2.12 bits per heavy atom. The molecule has 1 aliphatic carbocycles. The molecule has 17 heavy (non-hydrogen) atoms. The van der Waals surface area contributed by atoms with Gasteiger partial charge in [0.25, 0.3) is 0 Å². The number of aromatic nitrogens is 2. The average Bonchev–Trinajstić information content (AvgIpc) is 3.03. The molecule has 1 aliphatic heterocycles. The Hall–Kier alpha value is -1.36. The van der Waals surface area contributed by atoms with E-state index in [9.17, 15) is 4.79 Å². The van der Waals surface area contributed by atoms with E-state index in [1.807, 2.05) is 6.92 Å². The number of anilines is 2. The summed E-state index contributed by atoms with van der Waals surface area (Å²) < 4.78 is 0. The third-order valence-corrected chi connectivity index (χ3v) is 3.41. The van der Waals surface area contributed by atoms with Gasteiger partial charge in [-0.2, -0.15) is 4.98 Å². The lowest BCUT2D eigenvalue weighted by atomic mass is 10.1. The largest absolute Gasteiger partial charge is 0.365 e. The fourth-order valence-corrected chi connectivity index (χ4v) is 2.40. The lowest BCUT2D eigenvalue weighted by molar-refractivity contribution is -0.116. The van der Waals surface area contributed by atoms with Crippen molar-refractivity contribution >= 4 is 29.0 Å². The van der Waals surface area contributed by atoms with Gasteiger partial charge in [0.15, 0.2) is 5.82 Å². The zero-order valence-corrected chi connectivity index (χ0v) is 10.2. The second-order valence-electron chi connectivity index (χ2n) is 4.64. The molecule has 2 N–H and O–H groups in total. The summed E-state index contributed by atoms with van der Waals surface area (Å²) in [5.41, 5.74) is 1.35. The van der Waals surface area contributed by atoms with Crippen LogP contribution in [0.15, 0.2) is 0 Å². The third-order valence-electron chi connectivity index (χ3n) is 3.25. The summed E-state index contributed by atoms with van der Waals surface area (Å²) in [4.78, 5) is 20.0. The van der Waals surface area contributed by atoms with Crippen LogP contribution in [0.3, 0.4) is 0 Å². The Kier molecular flexibility index (Phi) is 2.43. The molecule has 0 radical (unpaired) electrons. The summed E-state index contributed by atoms with van der Waals surface area (Å²) in [5.74, 6) is 1.24. The average molecular weight is 253 g/mol. The van der Waals surface area contributed by atoms with Crippen LogP contribution in [0, 0.1) is 12.8 Å². The monoisotopic (exact) mass is 252 g/mol. The van der Waals surface area contributed by atoms with Crippen molar-refractivity contribution in [1.82, 2.24) is 9.97 Å². The van der Waals surface area contributed by atoms with Crippen LogP contribution >= 0.6 is 11.6 Å². The summed E-state index contributed by atoms with van der Waals surface area (Å²) in [7, 11) is 0. The normalized spacial score (nSPS) is 23.4. The minimum absolute atomic E-state index is 0.0159.